The Labute approximate surface area is 187 Å². The fraction of sp³-hybridized carbons (Fsp3) is 0.130. The first-order valence-electron chi connectivity index (χ1n) is 9.80. The molecule has 4 aromatic rings. The largest absolute Gasteiger partial charge is 0.493 e. The van der Waals surface area contributed by atoms with Crippen molar-refractivity contribution in [3.05, 3.63) is 77.0 Å². The summed E-state index contributed by atoms with van der Waals surface area (Å²) in [6.07, 6.45) is 1.46. The van der Waals surface area contributed by atoms with Gasteiger partial charge in [0.15, 0.2) is 11.5 Å². The van der Waals surface area contributed by atoms with E-state index in [0.717, 1.165) is 0 Å². The number of ether oxygens (including phenoxy) is 2. The van der Waals surface area contributed by atoms with Crippen molar-refractivity contribution in [2.75, 3.05) is 19.5 Å². The summed E-state index contributed by atoms with van der Waals surface area (Å²) in [4.78, 5) is 29.5. The normalized spacial score (nSPS) is 10.6. The lowest BCUT2D eigenvalue weighted by Crippen LogP contribution is -2.28. The average Bonchev–Trinajstić information content (AvgIpc) is 3.30. The van der Waals surface area contributed by atoms with E-state index < -0.39 is 17.3 Å². The minimum Gasteiger partial charge on any atom is -0.493 e. The summed E-state index contributed by atoms with van der Waals surface area (Å²) in [6, 6.07) is 13.7. The molecule has 9 nitrogen and oxygen atoms in total. The molecule has 0 aliphatic rings. The van der Waals surface area contributed by atoms with Crippen molar-refractivity contribution < 1.29 is 23.2 Å². The molecule has 0 spiro atoms. The van der Waals surface area contributed by atoms with E-state index in [2.05, 4.69) is 15.5 Å². The third kappa shape index (κ3) is 4.74. The molecule has 0 aliphatic carbocycles. The summed E-state index contributed by atoms with van der Waals surface area (Å²) in [5, 5.41) is 6.50. The Balaban J connectivity index is 1.56. The predicted molar refractivity (Wildman–Crippen MR) is 118 cm³/mol. The summed E-state index contributed by atoms with van der Waals surface area (Å²) >= 11 is 0. The molecule has 0 saturated carbocycles. The lowest BCUT2D eigenvalue weighted by Gasteiger charge is -2.08. The molecule has 0 unspecified atom stereocenters. The minimum absolute atomic E-state index is 0.00433. The van der Waals surface area contributed by atoms with Gasteiger partial charge in [0.2, 0.25) is 11.7 Å². The van der Waals surface area contributed by atoms with E-state index >= 15 is 0 Å². The van der Waals surface area contributed by atoms with E-state index in [9.17, 15) is 14.0 Å². The van der Waals surface area contributed by atoms with Crippen LogP contribution >= 0.6 is 0 Å². The predicted octanol–water partition coefficient (Wildman–Crippen LogP) is 3.36. The first-order valence-corrected chi connectivity index (χ1v) is 9.80. The molecule has 1 N–H and O–H groups in total. The number of nitrogens with one attached hydrogen (secondary N) is 1. The maximum Gasteiger partial charge on any atom is 0.263 e. The molecule has 2 aromatic carbocycles. The van der Waals surface area contributed by atoms with Crippen LogP contribution in [0.25, 0.3) is 22.8 Å². The van der Waals surface area contributed by atoms with Gasteiger partial charge in [0.05, 0.1) is 14.2 Å². The van der Waals surface area contributed by atoms with Crippen molar-refractivity contribution in [1.29, 1.82) is 0 Å². The van der Waals surface area contributed by atoms with Gasteiger partial charge in [0.1, 0.15) is 17.9 Å². The van der Waals surface area contributed by atoms with Crippen molar-refractivity contribution in [3.63, 3.8) is 0 Å². The van der Waals surface area contributed by atoms with Crippen LogP contribution in [0.1, 0.15) is 0 Å². The van der Waals surface area contributed by atoms with Gasteiger partial charge in [0.25, 0.3) is 11.4 Å². The second-order valence-corrected chi connectivity index (χ2v) is 6.91. The first-order chi connectivity index (χ1) is 16.0. The molecule has 0 bridgehead atoms. The van der Waals surface area contributed by atoms with Crippen LogP contribution in [0.4, 0.5) is 10.1 Å². The van der Waals surface area contributed by atoms with Crippen molar-refractivity contribution in [2.24, 2.45) is 0 Å². The molecule has 1 amide bonds. The number of amides is 1. The third-order valence-electron chi connectivity index (χ3n) is 4.74. The van der Waals surface area contributed by atoms with E-state index in [1.807, 2.05) is 0 Å². The van der Waals surface area contributed by atoms with Crippen LogP contribution in [0.3, 0.4) is 0 Å². The van der Waals surface area contributed by atoms with E-state index in [4.69, 9.17) is 14.0 Å². The quantitative estimate of drug-likeness (QED) is 0.460. The lowest BCUT2D eigenvalue weighted by molar-refractivity contribution is -0.116. The van der Waals surface area contributed by atoms with Crippen LogP contribution in [0.2, 0.25) is 0 Å². The summed E-state index contributed by atoms with van der Waals surface area (Å²) < 4.78 is 30.3. The number of carbonyl (C=O) groups excluding carboxylic acids is 1. The molecule has 33 heavy (non-hydrogen) atoms. The SMILES string of the molecule is COc1ccc(-c2noc(-c3cccn(CC(=O)Nc4cccc(F)c4)c3=O)n2)cc1OC. The van der Waals surface area contributed by atoms with Crippen molar-refractivity contribution in [3.8, 4) is 34.3 Å². The fourth-order valence-electron chi connectivity index (χ4n) is 3.17. The highest BCUT2D eigenvalue weighted by Crippen LogP contribution is 2.31. The van der Waals surface area contributed by atoms with Crippen molar-refractivity contribution in [2.45, 2.75) is 6.54 Å². The summed E-state index contributed by atoms with van der Waals surface area (Å²) in [5.74, 6) is 0.333. The summed E-state index contributed by atoms with van der Waals surface area (Å²) in [5.41, 5.74) is 0.540. The number of pyridine rings is 1. The number of hydrogen-bond donors (Lipinski definition) is 1. The highest BCUT2D eigenvalue weighted by Gasteiger charge is 2.17. The van der Waals surface area contributed by atoms with E-state index in [1.165, 1.54) is 49.2 Å². The number of rotatable bonds is 7. The Morgan fingerprint density at radius 3 is 2.67 bits per heavy atom. The summed E-state index contributed by atoms with van der Waals surface area (Å²) in [6.45, 7) is -0.278. The Hall–Kier alpha value is -4.47. The van der Waals surface area contributed by atoms with Gasteiger partial charge >= 0.3 is 0 Å². The number of halogens is 1. The standard InChI is InChI=1S/C23H19FN4O5/c1-31-18-9-8-14(11-19(18)32-2)21-26-22(33-27-21)17-7-4-10-28(23(17)30)13-20(29)25-16-6-3-5-15(24)12-16/h3-12H,13H2,1-2H3,(H,25,29). The van der Waals surface area contributed by atoms with Gasteiger partial charge in [-0.15, -0.1) is 0 Å². The molecule has 0 radical (unpaired) electrons. The number of anilines is 1. The number of aromatic nitrogens is 3. The van der Waals surface area contributed by atoms with Crippen LogP contribution in [0.15, 0.2) is 70.1 Å². The minimum atomic E-state index is -0.491. The third-order valence-corrected chi connectivity index (χ3v) is 4.74. The highest BCUT2D eigenvalue weighted by molar-refractivity contribution is 5.90. The Kier molecular flexibility index (Phi) is 6.16. The maximum atomic E-state index is 13.3. The van der Waals surface area contributed by atoms with Crippen LogP contribution in [0, 0.1) is 5.82 Å². The smallest absolute Gasteiger partial charge is 0.263 e. The number of methoxy groups -OCH3 is 2. The molecule has 0 aliphatic heterocycles. The molecule has 2 aromatic heterocycles. The van der Waals surface area contributed by atoms with Crippen LogP contribution < -0.4 is 20.3 Å². The molecule has 0 atom stereocenters. The molecule has 0 saturated heterocycles. The zero-order valence-corrected chi connectivity index (χ0v) is 17.7. The highest BCUT2D eigenvalue weighted by atomic mass is 19.1. The Morgan fingerprint density at radius 1 is 1.09 bits per heavy atom. The van der Waals surface area contributed by atoms with Crippen LogP contribution in [-0.2, 0) is 11.3 Å². The van der Waals surface area contributed by atoms with E-state index in [0.29, 0.717) is 22.7 Å². The molecule has 4 rings (SSSR count). The fourth-order valence-corrected chi connectivity index (χ4v) is 3.17. The number of benzene rings is 2. The Bertz CT molecular complexity index is 1360. The topological polar surface area (TPSA) is 108 Å². The first kappa shape index (κ1) is 21.8. The van der Waals surface area contributed by atoms with Gasteiger partial charge in [-0.25, -0.2) is 4.39 Å². The lowest BCUT2D eigenvalue weighted by atomic mass is 10.2. The van der Waals surface area contributed by atoms with E-state index in [-0.39, 0.29) is 23.8 Å². The van der Waals surface area contributed by atoms with Gasteiger partial charge in [-0.3, -0.25) is 9.59 Å². The summed E-state index contributed by atoms with van der Waals surface area (Å²) in [7, 11) is 3.04. The van der Waals surface area contributed by atoms with Crippen molar-refractivity contribution in [1.82, 2.24) is 14.7 Å². The molecule has 168 valence electrons. The number of hydrogen-bond acceptors (Lipinski definition) is 7. The number of carbonyl (C=O) groups is 1. The molecule has 2 heterocycles. The second-order valence-electron chi connectivity index (χ2n) is 6.91. The number of nitrogens with zero attached hydrogens (tertiary/aromatic N) is 3. The molecule has 0 fully saturated rings. The average molecular weight is 450 g/mol. The van der Waals surface area contributed by atoms with Crippen LogP contribution in [0.5, 0.6) is 11.5 Å². The molecule has 10 heteroatoms. The van der Waals surface area contributed by atoms with Gasteiger partial charge in [-0.2, -0.15) is 4.98 Å². The zero-order chi connectivity index (χ0) is 23.4. The molecular formula is C23H19FN4O5. The van der Waals surface area contributed by atoms with Gasteiger partial charge < -0.3 is 23.9 Å². The van der Waals surface area contributed by atoms with Crippen molar-refractivity contribution >= 4 is 11.6 Å². The van der Waals surface area contributed by atoms with Gasteiger partial charge in [-0.1, -0.05) is 11.2 Å². The Morgan fingerprint density at radius 2 is 1.91 bits per heavy atom. The van der Waals surface area contributed by atoms with Gasteiger partial charge in [0, 0.05) is 17.4 Å². The van der Waals surface area contributed by atoms with E-state index in [1.54, 1.807) is 30.3 Å². The van der Waals surface area contributed by atoms with Crippen LogP contribution in [-0.4, -0.2) is 34.8 Å². The zero-order valence-electron chi connectivity index (χ0n) is 17.7. The maximum absolute atomic E-state index is 13.3. The monoisotopic (exact) mass is 450 g/mol. The van der Waals surface area contributed by atoms with Gasteiger partial charge in [-0.05, 0) is 48.5 Å². The second kappa shape index (κ2) is 9.35. The molecular weight excluding hydrogens is 431 g/mol.